The van der Waals surface area contributed by atoms with Crippen LogP contribution in [0.5, 0.6) is 0 Å². The molecule has 0 aliphatic carbocycles. The summed E-state index contributed by atoms with van der Waals surface area (Å²) in [5.41, 5.74) is 2.25. The van der Waals surface area contributed by atoms with Gasteiger partial charge < -0.3 is 5.32 Å². The number of para-hydroxylation sites is 1. The molecule has 0 aliphatic heterocycles. The lowest BCUT2D eigenvalue weighted by Crippen LogP contribution is -2.29. The van der Waals surface area contributed by atoms with Crippen LogP contribution in [-0.2, 0) is 16.6 Å². The Hall–Kier alpha value is -2.54. The Labute approximate surface area is 179 Å². The molecule has 3 aromatic carbocycles. The van der Waals surface area contributed by atoms with Gasteiger partial charge in [-0.3, -0.25) is 9.10 Å². The van der Waals surface area contributed by atoms with Gasteiger partial charge in [-0.05, 0) is 48.0 Å². The highest BCUT2D eigenvalue weighted by molar-refractivity contribution is 7.92. The first-order chi connectivity index (χ1) is 13.7. The van der Waals surface area contributed by atoms with E-state index in [1.807, 2.05) is 18.2 Å². The molecule has 29 heavy (non-hydrogen) atoms. The van der Waals surface area contributed by atoms with Crippen LogP contribution in [0.1, 0.15) is 15.9 Å². The highest BCUT2D eigenvalue weighted by Crippen LogP contribution is 2.28. The van der Waals surface area contributed by atoms with E-state index in [0.29, 0.717) is 32.5 Å². The van der Waals surface area contributed by atoms with Gasteiger partial charge in [-0.2, -0.15) is 0 Å². The molecular weight excluding hydrogens is 431 g/mol. The number of carbonyl (C=O) groups excluding carboxylic acids is 1. The Balaban J connectivity index is 1.80. The van der Waals surface area contributed by atoms with Crippen LogP contribution in [0.4, 0.5) is 11.4 Å². The Morgan fingerprint density at radius 2 is 1.52 bits per heavy atom. The Bertz CT molecular complexity index is 1100. The van der Waals surface area contributed by atoms with Crippen molar-refractivity contribution in [3.63, 3.8) is 0 Å². The maximum atomic E-state index is 12.4. The third-order valence-corrected chi connectivity index (χ3v) is 5.69. The predicted molar refractivity (Wildman–Crippen MR) is 118 cm³/mol. The van der Waals surface area contributed by atoms with E-state index in [1.165, 1.54) is 22.5 Å². The summed E-state index contributed by atoms with van der Waals surface area (Å²) in [6.45, 7) is 0.0795. The molecule has 3 rings (SSSR count). The fraction of sp³-hybridized carbons (Fsp3) is 0.0952. The van der Waals surface area contributed by atoms with Crippen molar-refractivity contribution in [1.82, 2.24) is 0 Å². The fourth-order valence-corrected chi connectivity index (χ4v) is 4.12. The minimum Gasteiger partial charge on any atom is -0.322 e. The molecule has 5 nitrogen and oxygen atoms in total. The third kappa shape index (κ3) is 5.73. The van der Waals surface area contributed by atoms with Crippen molar-refractivity contribution >= 4 is 50.5 Å². The summed E-state index contributed by atoms with van der Waals surface area (Å²) in [6.07, 6.45) is 1.11. The average Bonchev–Trinajstić information content (AvgIpc) is 2.65. The van der Waals surface area contributed by atoms with Gasteiger partial charge in [0, 0.05) is 21.3 Å². The van der Waals surface area contributed by atoms with Crippen molar-refractivity contribution in [2.45, 2.75) is 6.54 Å². The summed E-state index contributed by atoms with van der Waals surface area (Å²) in [6, 6.07) is 20.5. The van der Waals surface area contributed by atoms with E-state index >= 15 is 0 Å². The van der Waals surface area contributed by atoms with Crippen LogP contribution in [0.25, 0.3) is 0 Å². The van der Waals surface area contributed by atoms with Crippen molar-refractivity contribution in [3.05, 3.63) is 94.0 Å². The Morgan fingerprint density at radius 3 is 2.07 bits per heavy atom. The molecule has 1 amide bonds. The molecule has 0 atom stereocenters. The number of sulfonamides is 1. The number of nitrogens with one attached hydrogen (secondary N) is 1. The molecule has 0 bridgehead atoms. The number of nitrogens with zero attached hydrogens (tertiary/aromatic N) is 1. The highest BCUT2D eigenvalue weighted by atomic mass is 35.5. The van der Waals surface area contributed by atoms with E-state index in [1.54, 1.807) is 36.4 Å². The van der Waals surface area contributed by atoms with E-state index in [-0.39, 0.29) is 12.5 Å². The van der Waals surface area contributed by atoms with Crippen LogP contribution in [0.3, 0.4) is 0 Å². The molecule has 1 N–H and O–H groups in total. The Morgan fingerprint density at radius 1 is 0.931 bits per heavy atom. The summed E-state index contributed by atoms with van der Waals surface area (Å²) in [5.74, 6) is -0.246. The van der Waals surface area contributed by atoms with E-state index < -0.39 is 10.0 Å². The van der Waals surface area contributed by atoms with Crippen LogP contribution >= 0.6 is 23.2 Å². The quantitative estimate of drug-likeness (QED) is 0.562. The monoisotopic (exact) mass is 448 g/mol. The predicted octanol–water partition coefficient (Wildman–Crippen LogP) is 5.21. The van der Waals surface area contributed by atoms with Gasteiger partial charge in [-0.15, -0.1) is 0 Å². The topological polar surface area (TPSA) is 66.5 Å². The number of hydrogen-bond donors (Lipinski definition) is 1. The van der Waals surface area contributed by atoms with E-state index in [0.717, 1.165) is 6.26 Å². The van der Waals surface area contributed by atoms with Crippen molar-refractivity contribution in [2.24, 2.45) is 0 Å². The summed E-state index contributed by atoms with van der Waals surface area (Å²) in [5, 5.41) is 3.49. The number of rotatable bonds is 6. The second kappa shape index (κ2) is 8.86. The summed E-state index contributed by atoms with van der Waals surface area (Å²) in [4.78, 5) is 12.4. The first-order valence-electron chi connectivity index (χ1n) is 8.61. The molecule has 0 saturated carbocycles. The molecule has 3 aromatic rings. The molecule has 0 fully saturated rings. The standard InChI is InChI=1S/C21H18Cl2N2O3S/c1-29(27,28)25(20-12-17(22)11-18(23)13-20)14-15-7-9-16(10-8-15)21(26)24-19-5-3-2-4-6-19/h2-13H,14H2,1H3,(H,24,26). The van der Waals surface area contributed by atoms with Gasteiger partial charge in [0.1, 0.15) is 0 Å². The molecule has 0 heterocycles. The average molecular weight is 449 g/mol. The van der Waals surface area contributed by atoms with Crippen LogP contribution < -0.4 is 9.62 Å². The van der Waals surface area contributed by atoms with Crippen molar-refractivity contribution < 1.29 is 13.2 Å². The van der Waals surface area contributed by atoms with Crippen molar-refractivity contribution in [2.75, 3.05) is 15.9 Å². The molecule has 0 unspecified atom stereocenters. The first kappa shape index (κ1) is 21.2. The fourth-order valence-electron chi connectivity index (χ4n) is 2.74. The van der Waals surface area contributed by atoms with Crippen molar-refractivity contribution in [1.29, 1.82) is 0 Å². The number of carbonyl (C=O) groups is 1. The SMILES string of the molecule is CS(=O)(=O)N(Cc1ccc(C(=O)Nc2ccccc2)cc1)c1cc(Cl)cc(Cl)c1. The van der Waals surface area contributed by atoms with Gasteiger partial charge in [-0.25, -0.2) is 8.42 Å². The number of benzene rings is 3. The zero-order valence-corrected chi connectivity index (χ0v) is 17.8. The number of halogens is 2. The molecule has 0 saturated heterocycles. The number of anilines is 2. The highest BCUT2D eigenvalue weighted by Gasteiger charge is 2.19. The maximum Gasteiger partial charge on any atom is 0.255 e. The van der Waals surface area contributed by atoms with Crippen molar-refractivity contribution in [3.8, 4) is 0 Å². The Kier molecular flexibility index (Phi) is 6.47. The lowest BCUT2D eigenvalue weighted by molar-refractivity contribution is 0.102. The summed E-state index contributed by atoms with van der Waals surface area (Å²) >= 11 is 12.0. The zero-order valence-electron chi connectivity index (χ0n) is 15.5. The number of amides is 1. The molecule has 0 aromatic heterocycles. The second-order valence-corrected chi connectivity index (χ2v) is 9.19. The van der Waals surface area contributed by atoms with Gasteiger partial charge >= 0.3 is 0 Å². The first-order valence-corrected chi connectivity index (χ1v) is 11.2. The molecule has 0 aliphatic rings. The summed E-state index contributed by atoms with van der Waals surface area (Å²) in [7, 11) is -3.58. The molecule has 0 spiro atoms. The van der Waals surface area contributed by atoms with E-state index in [2.05, 4.69) is 5.32 Å². The minimum absolute atomic E-state index is 0.0795. The van der Waals surface area contributed by atoms with Crippen LogP contribution in [0.2, 0.25) is 10.0 Å². The largest absolute Gasteiger partial charge is 0.322 e. The van der Waals surface area contributed by atoms with Gasteiger partial charge in [0.15, 0.2) is 0 Å². The molecule has 150 valence electrons. The number of hydrogen-bond acceptors (Lipinski definition) is 3. The normalized spacial score (nSPS) is 11.1. The summed E-state index contributed by atoms with van der Waals surface area (Å²) < 4.78 is 25.8. The van der Waals surface area contributed by atoms with Gasteiger partial charge in [0.25, 0.3) is 5.91 Å². The molecule has 8 heteroatoms. The minimum atomic E-state index is -3.58. The van der Waals surface area contributed by atoms with Gasteiger partial charge in [0.05, 0.1) is 18.5 Å². The smallest absolute Gasteiger partial charge is 0.255 e. The van der Waals surface area contributed by atoms with E-state index in [9.17, 15) is 13.2 Å². The second-order valence-electron chi connectivity index (χ2n) is 6.41. The lowest BCUT2D eigenvalue weighted by atomic mass is 10.1. The van der Waals surface area contributed by atoms with Crippen LogP contribution in [0.15, 0.2) is 72.8 Å². The lowest BCUT2D eigenvalue weighted by Gasteiger charge is -2.23. The maximum absolute atomic E-state index is 12.4. The van der Waals surface area contributed by atoms with E-state index in [4.69, 9.17) is 23.2 Å². The third-order valence-electron chi connectivity index (χ3n) is 4.11. The van der Waals surface area contributed by atoms with Gasteiger partial charge in [0.2, 0.25) is 10.0 Å². The zero-order chi connectivity index (χ0) is 21.0. The molecule has 0 radical (unpaired) electrons. The molecular formula is C21H18Cl2N2O3S. The van der Waals surface area contributed by atoms with Gasteiger partial charge in [-0.1, -0.05) is 53.5 Å². The van der Waals surface area contributed by atoms with Crippen LogP contribution in [0, 0.1) is 0 Å². The van der Waals surface area contributed by atoms with Crippen LogP contribution in [-0.4, -0.2) is 20.6 Å².